The van der Waals surface area contributed by atoms with Crippen molar-refractivity contribution in [3.63, 3.8) is 0 Å². The van der Waals surface area contributed by atoms with Gasteiger partial charge in [-0.15, -0.1) is 0 Å². The van der Waals surface area contributed by atoms with E-state index in [-0.39, 0.29) is 24.2 Å². The van der Waals surface area contributed by atoms with E-state index in [9.17, 15) is 9.18 Å². The maximum Gasteiger partial charge on any atom is 0.220 e. The number of hydrogen-bond donors (Lipinski definition) is 1. The standard InChI is InChI=1S/C19H21FN2O/c1-13-10-11-21-17(12-13)19(15-6-7-15)22-18(23)9-8-14-4-2-3-5-16(14)20/h2-5,10-12,15,19H,6-9H2,1H3,(H,22,23)/t19-/m1/s1. The molecule has 120 valence electrons. The lowest BCUT2D eigenvalue weighted by Crippen LogP contribution is -2.30. The molecule has 0 saturated heterocycles. The highest BCUT2D eigenvalue weighted by Crippen LogP contribution is 2.40. The van der Waals surface area contributed by atoms with Crippen LogP contribution in [0.5, 0.6) is 0 Å². The van der Waals surface area contributed by atoms with Crippen molar-refractivity contribution in [2.24, 2.45) is 5.92 Å². The van der Waals surface area contributed by atoms with Crippen LogP contribution < -0.4 is 5.32 Å². The van der Waals surface area contributed by atoms with Crippen LogP contribution in [0, 0.1) is 18.7 Å². The summed E-state index contributed by atoms with van der Waals surface area (Å²) in [4.78, 5) is 16.7. The zero-order valence-corrected chi connectivity index (χ0v) is 13.3. The van der Waals surface area contributed by atoms with Crippen LogP contribution in [0.1, 0.15) is 42.1 Å². The predicted molar refractivity (Wildman–Crippen MR) is 87.3 cm³/mol. The molecule has 1 heterocycles. The highest BCUT2D eigenvalue weighted by molar-refractivity contribution is 5.76. The average Bonchev–Trinajstić information content (AvgIpc) is 3.36. The molecule has 0 aliphatic heterocycles. The molecule has 0 unspecified atom stereocenters. The summed E-state index contributed by atoms with van der Waals surface area (Å²) in [6, 6.07) is 10.6. The van der Waals surface area contributed by atoms with Crippen molar-refractivity contribution in [1.29, 1.82) is 0 Å². The highest BCUT2D eigenvalue weighted by Gasteiger charge is 2.34. The first-order chi connectivity index (χ1) is 11.1. The topological polar surface area (TPSA) is 42.0 Å². The Kier molecular flexibility index (Phi) is 4.70. The SMILES string of the molecule is Cc1ccnc([C@H](NC(=O)CCc2ccccc2F)C2CC2)c1. The number of rotatable bonds is 6. The summed E-state index contributed by atoms with van der Waals surface area (Å²) in [6.45, 7) is 2.02. The van der Waals surface area contributed by atoms with Crippen LogP contribution in [0.25, 0.3) is 0 Å². The van der Waals surface area contributed by atoms with Gasteiger partial charge in [0.25, 0.3) is 0 Å². The number of nitrogens with one attached hydrogen (secondary N) is 1. The Morgan fingerprint density at radius 1 is 1.35 bits per heavy atom. The summed E-state index contributed by atoms with van der Waals surface area (Å²) >= 11 is 0. The number of benzene rings is 1. The molecule has 1 amide bonds. The number of carbonyl (C=O) groups is 1. The summed E-state index contributed by atoms with van der Waals surface area (Å²) < 4.78 is 13.6. The monoisotopic (exact) mass is 312 g/mol. The van der Waals surface area contributed by atoms with Gasteiger partial charge in [-0.1, -0.05) is 18.2 Å². The van der Waals surface area contributed by atoms with Crippen LogP contribution in [0.15, 0.2) is 42.6 Å². The molecule has 1 aliphatic carbocycles. The van der Waals surface area contributed by atoms with Gasteiger partial charge in [0.2, 0.25) is 5.91 Å². The molecule has 2 aromatic rings. The molecule has 1 atom stereocenters. The third kappa shape index (κ3) is 4.15. The van der Waals surface area contributed by atoms with Crippen LogP contribution in [-0.4, -0.2) is 10.9 Å². The zero-order valence-electron chi connectivity index (χ0n) is 13.3. The van der Waals surface area contributed by atoms with Gasteiger partial charge in [0, 0.05) is 12.6 Å². The van der Waals surface area contributed by atoms with E-state index < -0.39 is 0 Å². The predicted octanol–water partition coefficient (Wildman–Crippen LogP) is 3.73. The maximum absolute atomic E-state index is 13.6. The van der Waals surface area contributed by atoms with Crippen LogP contribution in [0.2, 0.25) is 0 Å². The first-order valence-electron chi connectivity index (χ1n) is 8.09. The van der Waals surface area contributed by atoms with Crippen LogP contribution >= 0.6 is 0 Å². The van der Waals surface area contributed by atoms with Crippen LogP contribution in [0.4, 0.5) is 4.39 Å². The van der Waals surface area contributed by atoms with Crippen molar-refractivity contribution in [3.8, 4) is 0 Å². The fourth-order valence-corrected chi connectivity index (χ4v) is 2.79. The number of aryl methyl sites for hydroxylation is 2. The van der Waals surface area contributed by atoms with Crippen LogP contribution in [-0.2, 0) is 11.2 Å². The molecular formula is C19H21FN2O. The Hall–Kier alpha value is -2.23. The number of aromatic nitrogens is 1. The van der Waals surface area contributed by atoms with E-state index in [1.165, 1.54) is 6.07 Å². The fourth-order valence-electron chi connectivity index (χ4n) is 2.79. The van der Waals surface area contributed by atoms with Gasteiger partial charge < -0.3 is 5.32 Å². The fraction of sp³-hybridized carbons (Fsp3) is 0.368. The largest absolute Gasteiger partial charge is 0.347 e. The second-order valence-electron chi connectivity index (χ2n) is 6.23. The number of halogens is 1. The Morgan fingerprint density at radius 3 is 2.83 bits per heavy atom. The summed E-state index contributed by atoms with van der Waals surface area (Å²) in [5.74, 6) is 0.176. The summed E-state index contributed by atoms with van der Waals surface area (Å²) in [5, 5.41) is 3.09. The molecule has 0 radical (unpaired) electrons. The summed E-state index contributed by atoms with van der Waals surface area (Å²) in [5.41, 5.74) is 2.65. The minimum atomic E-state index is -0.251. The number of carbonyl (C=O) groups excluding carboxylic acids is 1. The quantitative estimate of drug-likeness (QED) is 0.883. The second-order valence-corrected chi connectivity index (χ2v) is 6.23. The molecule has 1 aliphatic rings. The normalized spacial score (nSPS) is 15.2. The average molecular weight is 312 g/mol. The molecule has 1 N–H and O–H groups in total. The Morgan fingerprint density at radius 2 is 2.13 bits per heavy atom. The molecule has 0 spiro atoms. The Bertz CT molecular complexity index is 697. The first-order valence-corrected chi connectivity index (χ1v) is 8.09. The van der Waals surface area contributed by atoms with Gasteiger partial charge in [0.15, 0.2) is 0 Å². The van der Waals surface area contributed by atoms with E-state index >= 15 is 0 Å². The van der Waals surface area contributed by atoms with Gasteiger partial charge in [-0.05, 0) is 61.4 Å². The van der Waals surface area contributed by atoms with Gasteiger partial charge >= 0.3 is 0 Å². The molecule has 1 fully saturated rings. The van der Waals surface area contributed by atoms with E-state index in [4.69, 9.17) is 0 Å². The lowest BCUT2D eigenvalue weighted by atomic mass is 10.0. The van der Waals surface area contributed by atoms with E-state index in [2.05, 4.69) is 10.3 Å². The molecular weight excluding hydrogens is 291 g/mol. The second kappa shape index (κ2) is 6.90. The summed E-state index contributed by atoms with van der Waals surface area (Å²) in [7, 11) is 0. The maximum atomic E-state index is 13.6. The third-order valence-electron chi connectivity index (χ3n) is 4.24. The van der Waals surface area contributed by atoms with Crippen molar-refractivity contribution in [2.45, 2.75) is 38.6 Å². The van der Waals surface area contributed by atoms with Gasteiger partial charge in [-0.2, -0.15) is 0 Å². The Balaban J connectivity index is 1.62. The molecule has 4 heteroatoms. The van der Waals surface area contributed by atoms with Gasteiger partial charge in [0.1, 0.15) is 5.82 Å². The van der Waals surface area contributed by atoms with Crippen molar-refractivity contribution in [3.05, 3.63) is 65.2 Å². The van der Waals surface area contributed by atoms with E-state index in [0.717, 1.165) is 24.1 Å². The van der Waals surface area contributed by atoms with E-state index in [0.29, 0.717) is 17.9 Å². The smallest absolute Gasteiger partial charge is 0.220 e. The molecule has 3 rings (SSSR count). The molecule has 23 heavy (non-hydrogen) atoms. The highest BCUT2D eigenvalue weighted by atomic mass is 19.1. The number of amides is 1. The van der Waals surface area contributed by atoms with Crippen molar-refractivity contribution < 1.29 is 9.18 Å². The Labute approximate surface area is 135 Å². The molecule has 1 aromatic carbocycles. The number of nitrogens with zero attached hydrogens (tertiary/aromatic N) is 1. The van der Waals surface area contributed by atoms with Gasteiger partial charge in [0.05, 0.1) is 11.7 Å². The molecule has 0 bridgehead atoms. The summed E-state index contributed by atoms with van der Waals surface area (Å²) in [6.07, 6.45) is 4.72. The molecule has 3 nitrogen and oxygen atoms in total. The third-order valence-corrected chi connectivity index (χ3v) is 4.24. The van der Waals surface area contributed by atoms with Gasteiger partial charge in [-0.25, -0.2) is 4.39 Å². The van der Waals surface area contributed by atoms with Crippen molar-refractivity contribution in [1.82, 2.24) is 10.3 Å². The first kappa shape index (κ1) is 15.7. The van der Waals surface area contributed by atoms with Gasteiger partial charge in [-0.3, -0.25) is 9.78 Å². The van der Waals surface area contributed by atoms with Crippen molar-refractivity contribution in [2.75, 3.05) is 0 Å². The van der Waals surface area contributed by atoms with Crippen molar-refractivity contribution >= 4 is 5.91 Å². The zero-order chi connectivity index (χ0) is 16.2. The molecule has 1 saturated carbocycles. The number of pyridine rings is 1. The lowest BCUT2D eigenvalue weighted by molar-refractivity contribution is -0.122. The minimum absolute atomic E-state index is 0.0250. The van der Waals surface area contributed by atoms with E-state index in [1.807, 2.05) is 19.1 Å². The minimum Gasteiger partial charge on any atom is -0.347 e. The lowest BCUT2D eigenvalue weighted by Gasteiger charge is -2.18. The van der Waals surface area contributed by atoms with Crippen LogP contribution in [0.3, 0.4) is 0 Å². The molecule has 1 aromatic heterocycles. The number of hydrogen-bond acceptors (Lipinski definition) is 2. The van der Waals surface area contributed by atoms with E-state index in [1.54, 1.807) is 24.4 Å².